The van der Waals surface area contributed by atoms with Crippen LogP contribution in [0, 0.1) is 12.7 Å². The van der Waals surface area contributed by atoms with Gasteiger partial charge < -0.3 is 15.5 Å². The first-order valence-electron chi connectivity index (χ1n) is 7.71. The lowest BCUT2D eigenvalue weighted by Gasteiger charge is -2.17. The Morgan fingerprint density at radius 2 is 2.00 bits per heavy atom. The van der Waals surface area contributed by atoms with Crippen LogP contribution >= 0.6 is 0 Å². The molecule has 2 N–H and O–H groups in total. The zero-order valence-electron chi connectivity index (χ0n) is 13.3. The summed E-state index contributed by atoms with van der Waals surface area (Å²) >= 11 is 0. The summed E-state index contributed by atoms with van der Waals surface area (Å²) in [5, 5.41) is 5.53. The average Bonchev–Trinajstić information content (AvgIpc) is 2.87. The largest absolute Gasteiger partial charge is 0.333 e. The summed E-state index contributed by atoms with van der Waals surface area (Å²) in [6, 6.07) is 12.7. The molecule has 2 aromatic carbocycles. The van der Waals surface area contributed by atoms with Crippen LogP contribution in [0.4, 0.5) is 20.6 Å². The van der Waals surface area contributed by atoms with Gasteiger partial charge in [-0.2, -0.15) is 0 Å². The molecule has 0 aliphatic carbocycles. The van der Waals surface area contributed by atoms with Crippen LogP contribution in [0.1, 0.15) is 12.0 Å². The van der Waals surface area contributed by atoms with Gasteiger partial charge in [0.15, 0.2) is 0 Å². The van der Waals surface area contributed by atoms with Crippen LogP contribution in [0.2, 0.25) is 0 Å². The highest BCUT2D eigenvalue weighted by Gasteiger charge is 2.31. The van der Waals surface area contributed by atoms with E-state index in [4.69, 9.17) is 0 Å². The van der Waals surface area contributed by atoms with Gasteiger partial charge in [-0.15, -0.1) is 0 Å². The second-order valence-electron chi connectivity index (χ2n) is 5.85. The highest BCUT2D eigenvalue weighted by molar-refractivity contribution is 5.97. The topological polar surface area (TPSA) is 61.4 Å². The van der Waals surface area contributed by atoms with Crippen molar-refractivity contribution in [3.05, 3.63) is 59.9 Å². The molecule has 0 radical (unpaired) electrons. The fraction of sp³-hybridized carbons (Fsp3) is 0.222. The molecule has 1 saturated heterocycles. The van der Waals surface area contributed by atoms with Crippen molar-refractivity contribution in [2.75, 3.05) is 16.8 Å². The van der Waals surface area contributed by atoms with Gasteiger partial charge in [0.2, 0.25) is 5.91 Å². The second kappa shape index (κ2) is 6.70. The predicted octanol–water partition coefficient (Wildman–Crippen LogP) is 3.06. The maximum atomic E-state index is 13.3. The lowest BCUT2D eigenvalue weighted by molar-refractivity contribution is -0.117. The predicted molar refractivity (Wildman–Crippen MR) is 90.5 cm³/mol. The molecule has 1 atom stereocenters. The number of carbonyl (C=O) groups excluding carboxylic acids is 2. The molecular weight excluding hydrogens is 309 g/mol. The van der Waals surface area contributed by atoms with E-state index in [-0.39, 0.29) is 24.4 Å². The number of benzene rings is 2. The molecule has 0 bridgehead atoms. The summed E-state index contributed by atoms with van der Waals surface area (Å²) in [4.78, 5) is 25.7. The Hall–Kier alpha value is -2.89. The number of carbonyl (C=O) groups is 2. The van der Waals surface area contributed by atoms with Crippen molar-refractivity contribution in [1.82, 2.24) is 5.32 Å². The van der Waals surface area contributed by atoms with E-state index in [2.05, 4.69) is 10.6 Å². The number of rotatable bonds is 3. The molecule has 0 saturated carbocycles. The molecule has 1 heterocycles. The number of urea groups is 1. The Bertz CT molecular complexity index is 778. The maximum absolute atomic E-state index is 13.3. The van der Waals surface area contributed by atoms with Crippen LogP contribution in [0.5, 0.6) is 0 Å². The van der Waals surface area contributed by atoms with Gasteiger partial charge in [0.1, 0.15) is 5.82 Å². The van der Waals surface area contributed by atoms with Crippen molar-refractivity contribution in [3.63, 3.8) is 0 Å². The molecule has 0 unspecified atom stereocenters. The number of halogens is 1. The number of nitrogens with zero attached hydrogens (tertiary/aromatic N) is 1. The van der Waals surface area contributed by atoms with E-state index in [0.29, 0.717) is 17.9 Å². The van der Waals surface area contributed by atoms with E-state index in [9.17, 15) is 14.0 Å². The summed E-state index contributed by atoms with van der Waals surface area (Å²) in [5.74, 6) is -0.532. The molecule has 1 aliphatic heterocycles. The highest BCUT2D eigenvalue weighted by atomic mass is 19.1. The van der Waals surface area contributed by atoms with E-state index in [0.717, 1.165) is 5.56 Å². The van der Waals surface area contributed by atoms with E-state index >= 15 is 0 Å². The number of hydrogen-bond acceptors (Lipinski definition) is 2. The molecule has 0 aromatic heterocycles. The zero-order chi connectivity index (χ0) is 17.1. The van der Waals surface area contributed by atoms with Crippen LogP contribution in [0.3, 0.4) is 0 Å². The lowest BCUT2D eigenvalue weighted by atomic mass is 10.2. The quantitative estimate of drug-likeness (QED) is 0.910. The standard InChI is InChI=1S/C18H18FN3O2/c1-12-4-2-6-14(8-12)20-18(24)21-15-10-17(23)22(11-15)16-7-3-5-13(19)9-16/h2-9,15H,10-11H2,1H3,(H2,20,21,24)/t15-/m0/s1. The Morgan fingerprint density at radius 1 is 1.21 bits per heavy atom. The average molecular weight is 327 g/mol. The van der Waals surface area contributed by atoms with Crippen molar-refractivity contribution in [2.24, 2.45) is 0 Å². The minimum atomic E-state index is -0.395. The van der Waals surface area contributed by atoms with E-state index < -0.39 is 5.82 Å². The monoisotopic (exact) mass is 327 g/mol. The van der Waals surface area contributed by atoms with Crippen LogP contribution in [-0.2, 0) is 4.79 Å². The molecular formula is C18H18FN3O2. The minimum absolute atomic E-state index is 0.138. The molecule has 0 spiro atoms. The van der Waals surface area contributed by atoms with Gasteiger partial charge in [-0.3, -0.25) is 4.79 Å². The molecule has 2 aromatic rings. The first kappa shape index (κ1) is 16.0. The first-order valence-corrected chi connectivity index (χ1v) is 7.71. The number of nitrogens with one attached hydrogen (secondary N) is 2. The van der Waals surface area contributed by atoms with Crippen molar-refractivity contribution in [1.29, 1.82) is 0 Å². The smallest absolute Gasteiger partial charge is 0.319 e. The molecule has 1 fully saturated rings. The maximum Gasteiger partial charge on any atom is 0.319 e. The van der Waals surface area contributed by atoms with Crippen molar-refractivity contribution >= 4 is 23.3 Å². The van der Waals surface area contributed by atoms with Crippen LogP contribution in [-0.4, -0.2) is 24.5 Å². The fourth-order valence-corrected chi connectivity index (χ4v) is 2.77. The van der Waals surface area contributed by atoms with Crippen molar-refractivity contribution < 1.29 is 14.0 Å². The van der Waals surface area contributed by atoms with Gasteiger partial charge in [-0.05, 0) is 42.8 Å². The molecule has 24 heavy (non-hydrogen) atoms. The van der Waals surface area contributed by atoms with Gasteiger partial charge in [-0.25, -0.2) is 9.18 Å². The van der Waals surface area contributed by atoms with Gasteiger partial charge in [0.05, 0.1) is 6.04 Å². The van der Waals surface area contributed by atoms with Crippen LogP contribution < -0.4 is 15.5 Å². The number of anilines is 2. The van der Waals surface area contributed by atoms with Crippen LogP contribution in [0.25, 0.3) is 0 Å². The van der Waals surface area contributed by atoms with E-state index in [1.54, 1.807) is 18.2 Å². The molecule has 1 aliphatic rings. The Morgan fingerprint density at radius 3 is 2.75 bits per heavy atom. The van der Waals surface area contributed by atoms with Gasteiger partial charge in [-0.1, -0.05) is 18.2 Å². The summed E-state index contributed by atoms with van der Waals surface area (Å²) in [5.41, 5.74) is 2.24. The summed E-state index contributed by atoms with van der Waals surface area (Å²) in [6.07, 6.45) is 0.192. The summed E-state index contributed by atoms with van der Waals surface area (Å²) in [7, 11) is 0. The number of amides is 3. The zero-order valence-corrected chi connectivity index (χ0v) is 13.3. The molecule has 124 valence electrons. The highest BCUT2D eigenvalue weighted by Crippen LogP contribution is 2.22. The molecule has 6 heteroatoms. The van der Waals surface area contributed by atoms with Crippen molar-refractivity contribution in [3.8, 4) is 0 Å². The molecule has 3 amide bonds. The Balaban J connectivity index is 1.61. The third kappa shape index (κ3) is 3.71. The Labute approximate surface area is 139 Å². The lowest BCUT2D eigenvalue weighted by Crippen LogP contribution is -2.39. The first-order chi connectivity index (χ1) is 11.5. The third-order valence-corrected chi connectivity index (χ3v) is 3.86. The third-order valence-electron chi connectivity index (χ3n) is 3.86. The summed E-state index contributed by atoms with van der Waals surface area (Å²) < 4.78 is 13.3. The molecule has 5 nitrogen and oxygen atoms in total. The normalized spacial score (nSPS) is 17.0. The Kier molecular flexibility index (Phi) is 4.46. The van der Waals surface area contributed by atoms with Gasteiger partial charge in [0, 0.05) is 24.3 Å². The van der Waals surface area contributed by atoms with Crippen LogP contribution in [0.15, 0.2) is 48.5 Å². The molecule has 3 rings (SSSR count). The number of aryl methyl sites for hydroxylation is 1. The summed E-state index contributed by atoms with van der Waals surface area (Å²) in [6.45, 7) is 2.26. The van der Waals surface area contributed by atoms with Crippen molar-refractivity contribution in [2.45, 2.75) is 19.4 Å². The fourth-order valence-electron chi connectivity index (χ4n) is 2.77. The number of hydrogen-bond donors (Lipinski definition) is 2. The minimum Gasteiger partial charge on any atom is -0.333 e. The van der Waals surface area contributed by atoms with E-state index in [1.807, 2.05) is 25.1 Å². The second-order valence-corrected chi connectivity index (χ2v) is 5.85. The van der Waals surface area contributed by atoms with Gasteiger partial charge >= 0.3 is 6.03 Å². The van der Waals surface area contributed by atoms with Gasteiger partial charge in [0.25, 0.3) is 0 Å². The van der Waals surface area contributed by atoms with E-state index in [1.165, 1.54) is 17.0 Å². The SMILES string of the molecule is Cc1cccc(NC(=O)N[C@H]2CC(=O)N(c3cccc(F)c3)C2)c1.